The monoisotopic (exact) mass is 294 g/mol. The van der Waals surface area contributed by atoms with E-state index in [9.17, 15) is 14.4 Å². The first-order valence-corrected chi connectivity index (χ1v) is 6.35. The van der Waals surface area contributed by atoms with Crippen molar-refractivity contribution < 1.29 is 24.2 Å². The highest BCUT2D eigenvalue weighted by Crippen LogP contribution is 2.04. The minimum absolute atomic E-state index is 0.252. The lowest BCUT2D eigenvalue weighted by Crippen LogP contribution is -2.51. The molecular weight excluding hydrogens is 276 g/mol. The van der Waals surface area contributed by atoms with Gasteiger partial charge >= 0.3 is 18.0 Å². The standard InChI is InChI=1S/C14H18N2O5/c1-9(12(17)18)15-14(20)16-11(13(19)21-2)8-10-6-4-3-5-7-10/h3-7,9,11H,8H2,1-2H3,(H,17,18)(H2,15,16,20)/t9-,11-/m0/s1. The summed E-state index contributed by atoms with van der Waals surface area (Å²) in [6.45, 7) is 1.33. The smallest absolute Gasteiger partial charge is 0.328 e. The van der Waals surface area contributed by atoms with Crippen LogP contribution in [0.5, 0.6) is 0 Å². The Hall–Kier alpha value is -2.57. The van der Waals surface area contributed by atoms with Gasteiger partial charge < -0.3 is 20.5 Å². The molecule has 1 aromatic carbocycles. The van der Waals surface area contributed by atoms with Gasteiger partial charge in [0.05, 0.1) is 7.11 Å². The number of esters is 1. The van der Waals surface area contributed by atoms with Crippen molar-refractivity contribution in [3.63, 3.8) is 0 Å². The molecular formula is C14H18N2O5. The molecule has 2 amide bonds. The summed E-state index contributed by atoms with van der Waals surface area (Å²) in [5, 5.41) is 13.4. The number of benzene rings is 1. The molecule has 21 heavy (non-hydrogen) atoms. The fourth-order valence-corrected chi connectivity index (χ4v) is 1.64. The van der Waals surface area contributed by atoms with Gasteiger partial charge in [0, 0.05) is 6.42 Å². The number of amides is 2. The number of carbonyl (C=O) groups is 3. The Morgan fingerprint density at radius 1 is 1.19 bits per heavy atom. The second kappa shape index (κ2) is 7.88. The average Bonchev–Trinajstić information content (AvgIpc) is 2.46. The maximum absolute atomic E-state index is 11.7. The number of methoxy groups -OCH3 is 1. The normalized spacial score (nSPS) is 12.9. The van der Waals surface area contributed by atoms with Crippen LogP contribution in [0.15, 0.2) is 30.3 Å². The van der Waals surface area contributed by atoms with E-state index in [-0.39, 0.29) is 6.42 Å². The molecule has 0 aromatic heterocycles. The topological polar surface area (TPSA) is 105 Å². The first-order chi connectivity index (χ1) is 9.93. The molecule has 1 aromatic rings. The summed E-state index contributed by atoms with van der Waals surface area (Å²) < 4.78 is 4.64. The van der Waals surface area contributed by atoms with Gasteiger partial charge in [0.2, 0.25) is 0 Å². The highest BCUT2D eigenvalue weighted by atomic mass is 16.5. The Morgan fingerprint density at radius 2 is 1.81 bits per heavy atom. The van der Waals surface area contributed by atoms with Gasteiger partial charge in [-0.15, -0.1) is 0 Å². The van der Waals surface area contributed by atoms with Crippen LogP contribution in [0.1, 0.15) is 12.5 Å². The lowest BCUT2D eigenvalue weighted by Gasteiger charge is -2.18. The molecule has 114 valence electrons. The van der Waals surface area contributed by atoms with E-state index < -0.39 is 30.1 Å². The molecule has 2 atom stereocenters. The van der Waals surface area contributed by atoms with E-state index in [1.54, 1.807) is 0 Å². The van der Waals surface area contributed by atoms with Gasteiger partial charge in [0.25, 0.3) is 0 Å². The number of hydrogen-bond acceptors (Lipinski definition) is 4. The second-order valence-corrected chi connectivity index (χ2v) is 4.44. The lowest BCUT2D eigenvalue weighted by molar-refractivity contribution is -0.142. The summed E-state index contributed by atoms with van der Waals surface area (Å²) in [6, 6.07) is 6.41. The minimum Gasteiger partial charge on any atom is -0.480 e. The zero-order chi connectivity index (χ0) is 15.8. The van der Waals surface area contributed by atoms with Crippen molar-refractivity contribution >= 4 is 18.0 Å². The predicted octanol–water partition coefficient (Wildman–Crippen LogP) is 0.543. The summed E-state index contributed by atoms with van der Waals surface area (Å²) in [5.41, 5.74) is 0.847. The number of nitrogens with one attached hydrogen (secondary N) is 2. The van der Waals surface area contributed by atoms with E-state index in [1.165, 1.54) is 14.0 Å². The molecule has 0 fully saturated rings. The Balaban J connectivity index is 2.68. The zero-order valence-corrected chi connectivity index (χ0v) is 11.8. The number of rotatable bonds is 6. The molecule has 0 bridgehead atoms. The Morgan fingerprint density at radius 3 is 2.33 bits per heavy atom. The highest BCUT2D eigenvalue weighted by Gasteiger charge is 2.23. The van der Waals surface area contributed by atoms with Gasteiger partial charge in [0.1, 0.15) is 12.1 Å². The summed E-state index contributed by atoms with van der Waals surface area (Å²) in [5.74, 6) is -1.76. The Kier molecular flexibility index (Phi) is 6.19. The molecule has 7 heteroatoms. The van der Waals surface area contributed by atoms with E-state index in [0.29, 0.717) is 0 Å². The maximum Gasteiger partial charge on any atom is 0.328 e. The van der Waals surface area contributed by atoms with E-state index in [1.807, 2.05) is 30.3 Å². The van der Waals surface area contributed by atoms with E-state index in [4.69, 9.17) is 5.11 Å². The van der Waals surface area contributed by atoms with Gasteiger partial charge in [-0.05, 0) is 12.5 Å². The predicted molar refractivity (Wildman–Crippen MR) is 74.7 cm³/mol. The Bertz CT molecular complexity index is 503. The fourth-order valence-electron chi connectivity index (χ4n) is 1.64. The van der Waals surface area contributed by atoms with Crippen LogP contribution in [-0.2, 0) is 20.7 Å². The van der Waals surface area contributed by atoms with Gasteiger partial charge in [0.15, 0.2) is 0 Å². The van der Waals surface area contributed by atoms with Crippen molar-refractivity contribution in [1.82, 2.24) is 10.6 Å². The van der Waals surface area contributed by atoms with Crippen LogP contribution in [0.4, 0.5) is 4.79 Å². The Labute approximate surface area is 122 Å². The summed E-state index contributed by atoms with van der Waals surface area (Å²) in [7, 11) is 1.22. The molecule has 0 radical (unpaired) electrons. The number of aliphatic carboxylic acids is 1. The van der Waals surface area contributed by atoms with E-state index in [2.05, 4.69) is 15.4 Å². The molecule has 7 nitrogen and oxygen atoms in total. The fraction of sp³-hybridized carbons (Fsp3) is 0.357. The molecule has 0 heterocycles. The largest absolute Gasteiger partial charge is 0.480 e. The summed E-state index contributed by atoms with van der Waals surface area (Å²) in [4.78, 5) is 34.0. The van der Waals surface area contributed by atoms with Crippen LogP contribution in [0.3, 0.4) is 0 Å². The average molecular weight is 294 g/mol. The van der Waals surface area contributed by atoms with E-state index >= 15 is 0 Å². The molecule has 0 saturated heterocycles. The number of carboxylic acid groups (broad SMARTS) is 1. The second-order valence-electron chi connectivity index (χ2n) is 4.44. The molecule has 1 rings (SSSR count). The number of urea groups is 1. The zero-order valence-electron chi connectivity index (χ0n) is 11.8. The van der Waals surface area contributed by atoms with Crippen LogP contribution < -0.4 is 10.6 Å². The van der Waals surface area contributed by atoms with Crippen molar-refractivity contribution in [3.05, 3.63) is 35.9 Å². The van der Waals surface area contributed by atoms with Crippen LogP contribution >= 0.6 is 0 Å². The minimum atomic E-state index is -1.16. The quantitative estimate of drug-likeness (QED) is 0.664. The molecule has 0 saturated carbocycles. The number of hydrogen-bond donors (Lipinski definition) is 3. The third-order valence-corrected chi connectivity index (χ3v) is 2.79. The third kappa shape index (κ3) is 5.52. The van der Waals surface area contributed by atoms with Crippen LogP contribution in [-0.4, -0.2) is 42.3 Å². The number of carboxylic acids is 1. The molecule has 0 aliphatic heterocycles. The lowest BCUT2D eigenvalue weighted by atomic mass is 10.1. The van der Waals surface area contributed by atoms with Gasteiger partial charge in [-0.2, -0.15) is 0 Å². The van der Waals surface area contributed by atoms with Crippen molar-refractivity contribution in [3.8, 4) is 0 Å². The number of ether oxygens (including phenoxy) is 1. The van der Waals surface area contributed by atoms with E-state index in [0.717, 1.165) is 5.56 Å². The van der Waals surface area contributed by atoms with Crippen molar-refractivity contribution in [2.75, 3.05) is 7.11 Å². The van der Waals surface area contributed by atoms with Crippen LogP contribution in [0.25, 0.3) is 0 Å². The molecule has 0 aliphatic carbocycles. The molecule has 0 spiro atoms. The van der Waals surface area contributed by atoms with Crippen molar-refractivity contribution in [2.45, 2.75) is 25.4 Å². The SMILES string of the molecule is COC(=O)[C@H](Cc1ccccc1)NC(=O)N[C@@H](C)C(=O)O. The van der Waals surface area contributed by atoms with Crippen LogP contribution in [0.2, 0.25) is 0 Å². The summed E-state index contributed by atoms with van der Waals surface area (Å²) >= 11 is 0. The molecule has 0 unspecified atom stereocenters. The highest BCUT2D eigenvalue weighted by molar-refractivity contribution is 5.86. The first-order valence-electron chi connectivity index (χ1n) is 6.35. The first kappa shape index (κ1) is 16.5. The van der Waals surface area contributed by atoms with Crippen LogP contribution in [0, 0.1) is 0 Å². The van der Waals surface area contributed by atoms with Crippen molar-refractivity contribution in [1.29, 1.82) is 0 Å². The maximum atomic E-state index is 11.7. The van der Waals surface area contributed by atoms with Crippen molar-refractivity contribution in [2.24, 2.45) is 0 Å². The number of carbonyl (C=O) groups excluding carboxylic acids is 2. The summed E-state index contributed by atoms with van der Waals surface area (Å²) in [6.07, 6.45) is 0.252. The van der Waals surface area contributed by atoms with Gasteiger partial charge in [-0.1, -0.05) is 30.3 Å². The van der Waals surface area contributed by atoms with Gasteiger partial charge in [-0.25, -0.2) is 9.59 Å². The van der Waals surface area contributed by atoms with Gasteiger partial charge in [-0.3, -0.25) is 4.79 Å². The molecule has 0 aliphatic rings. The third-order valence-electron chi connectivity index (χ3n) is 2.79. The molecule has 3 N–H and O–H groups in total.